The predicted molar refractivity (Wildman–Crippen MR) is 94.9 cm³/mol. The Hall–Kier alpha value is -2.60. The van der Waals surface area contributed by atoms with Crippen molar-refractivity contribution in [2.75, 3.05) is 11.9 Å². The van der Waals surface area contributed by atoms with Gasteiger partial charge in [-0.2, -0.15) is 0 Å². The number of hydrogen-bond donors (Lipinski definition) is 1. The average molecular weight is 342 g/mol. The monoisotopic (exact) mass is 342 g/mol. The molecule has 0 spiro atoms. The van der Waals surface area contributed by atoms with Crippen molar-refractivity contribution in [1.82, 2.24) is 4.98 Å². The molecule has 0 fully saturated rings. The van der Waals surface area contributed by atoms with Gasteiger partial charge in [0.25, 0.3) is 5.91 Å². The van der Waals surface area contributed by atoms with Crippen LogP contribution in [0.5, 0.6) is 5.75 Å². The van der Waals surface area contributed by atoms with Gasteiger partial charge in [0.2, 0.25) is 0 Å². The first-order chi connectivity index (χ1) is 11.6. The second kappa shape index (κ2) is 6.88. The predicted octanol–water partition coefficient (Wildman–Crippen LogP) is 4.67. The van der Waals surface area contributed by atoms with Crippen LogP contribution in [-0.4, -0.2) is 17.5 Å². The van der Waals surface area contributed by atoms with E-state index in [9.17, 15) is 4.79 Å². The quantitative estimate of drug-likeness (QED) is 0.732. The number of benzene rings is 1. The molecule has 2 heterocycles. The first-order valence-corrected chi connectivity index (χ1v) is 8.52. The van der Waals surface area contributed by atoms with E-state index in [1.54, 1.807) is 5.38 Å². The van der Waals surface area contributed by atoms with Gasteiger partial charge in [-0.15, -0.1) is 11.3 Å². The summed E-state index contributed by atoms with van der Waals surface area (Å²) >= 11 is 1.38. The van der Waals surface area contributed by atoms with Gasteiger partial charge in [-0.1, -0.05) is 0 Å². The summed E-state index contributed by atoms with van der Waals surface area (Å²) in [6.07, 6.45) is 0. The maximum atomic E-state index is 12.4. The van der Waals surface area contributed by atoms with Gasteiger partial charge in [0.1, 0.15) is 17.2 Å². The Balaban J connectivity index is 1.75. The van der Waals surface area contributed by atoms with E-state index in [-0.39, 0.29) is 5.91 Å². The third-order valence-corrected chi connectivity index (χ3v) is 4.30. The highest BCUT2D eigenvalue weighted by Crippen LogP contribution is 2.26. The van der Waals surface area contributed by atoms with Gasteiger partial charge in [-0.25, -0.2) is 4.98 Å². The van der Waals surface area contributed by atoms with Gasteiger partial charge in [-0.05, 0) is 56.7 Å². The first kappa shape index (κ1) is 16.3. The van der Waals surface area contributed by atoms with Crippen LogP contribution in [0.15, 0.2) is 40.1 Å². The summed E-state index contributed by atoms with van der Waals surface area (Å²) < 4.78 is 11.0. The number of nitrogens with one attached hydrogen (secondary N) is 1. The molecule has 3 rings (SSSR count). The van der Waals surface area contributed by atoms with Gasteiger partial charge in [0.05, 0.1) is 6.61 Å². The summed E-state index contributed by atoms with van der Waals surface area (Å²) in [5.41, 5.74) is 2.05. The molecule has 0 aliphatic carbocycles. The molecule has 0 bridgehead atoms. The van der Waals surface area contributed by atoms with Crippen molar-refractivity contribution in [1.29, 1.82) is 0 Å². The number of thiazole rings is 1. The van der Waals surface area contributed by atoms with Crippen LogP contribution < -0.4 is 10.1 Å². The SMILES string of the molecule is CCOc1ccc(NC(=O)c2csc(-c3ccc(C)o3)n2)c(C)c1. The molecule has 0 saturated carbocycles. The highest BCUT2D eigenvalue weighted by Gasteiger charge is 2.15. The minimum Gasteiger partial charge on any atom is -0.494 e. The number of furan rings is 1. The van der Waals surface area contributed by atoms with E-state index < -0.39 is 0 Å². The number of rotatable bonds is 5. The standard InChI is InChI=1S/C18H18N2O3S/c1-4-22-13-6-7-14(11(2)9-13)19-17(21)15-10-24-18(20-15)16-8-5-12(3)23-16/h5-10H,4H2,1-3H3,(H,19,21). The minimum absolute atomic E-state index is 0.243. The summed E-state index contributed by atoms with van der Waals surface area (Å²) in [6.45, 7) is 6.35. The molecule has 1 N–H and O–H groups in total. The van der Waals surface area contributed by atoms with E-state index in [0.29, 0.717) is 23.1 Å². The second-order valence-electron chi connectivity index (χ2n) is 5.31. The summed E-state index contributed by atoms with van der Waals surface area (Å²) in [7, 11) is 0. The third-order valence-electron chi connectivity index (χ3n) is 3.45. The van der Waals surface area contributed by atoms with Crippen molar-refractivity contribution in [3.8, 4) is 16.5 Å². The lowest BCUT2D eigenvalue weighted by Crippen LogP contribution is -2.13. The largest absolute Gasteiger partial charge is 0.494 e. The molecular formula is C18H18N2O3S. The molecular weight excluding hydrogens is 324 g/mol. The Morgan fingerprint density at radius 3 is 2.79 bits per heavy atom. The van der Waals surface area contributed by atoms with Crippen LogP contribution in [0.4, 0.5) is 5.69 Å². The van der Waals surface area contributed by atoms with E-state index in [4.69, 9.17) is 9.15 Å². The zero-order chi connectivity index (χ0) is 17.1. The van der Waals surface area contributed by atoms with E-state index in [1.165, 1.54) is 11.3 Å². The summed E-state index contributed by atoms with van der Waals surface area (Å²) in [6, 6.07) is 9.30. The highest BCUT2D eigenvalue weighted by atomic mass is 32.1. The Bertz CT molecular complexity index is 867. The lowest BCUT2D eigenvalue weighted by Gasteiger charge is -2.09. The second-order valence-corrected chi connectivity index (χ2v) is 6.17. The van der Waals surface area contributed by atoms with Crippen LogP contribution >= 0.6 is 11.3 Å². The van der Waals surface area contributed by atoms with Gasteiger partial charge in [-0.3, -0.25) is 4.79 Å². The van der Waals surface area contributed by atoms with Crippen molar-refractivity contribution in [3.05, 3.63) is 52.7 Å². The molecule has 6 heteroatoms. The zero-order valence-corrected chi connectivity index (χ0v) is 14.6. The lowest BCUT2D eigenvalue weighted by molar-refractivity contribution is 0.102. The Kier molecular flexibility index (Phi) is 4.66. The summed E-state index contributed by atoms with van der Waals surface area (Å²) in [5, 5.41) is 5.30. The highest BCUT2D eigenvalue weighted by molar-refractivity contribution is 7.13. The molecule has 1 aromatic carbocycles. The van der Waals surface area contributed by atoms with Crippen molar-refractivity contribution in [2.24, 2.45) is 0 Å². The number of carbonyl (C=O) groups excluding carboxylic acids is 1. The van der Waals surface area contributed by atoms with Gasteiger partial charge in [0, 0.05) is 11.1 Å². The number of carbonyl (C=O) groups is 1. The number of anilines is 1. The Morgan fingerprint density at radius 1 is 1.29 bits per heavy atom. The van der Waals surface area contributed by atoms with Crippen LogP contribution in [0.1, 0.15) is 28.7 Å². The van der Waals surface area contributed by atoms with Crippen LogP contribution in [0.3, 0.4) is 0 Å². The Labute approximate surface area is 144 Å². The number of nitrogens with zero attached hydrogens (tertiary/aromatic N) is 1. The zero-order valence-electron chi connectivity index (χ0n) is 13.8. The molecule has 0 aliphatic rings. The molecule has 0 aliphatic heterocycles. The number of aryl methyl sites for hydroxylation is 2. The molecule has 0 atom stereocenters. The van der Waals surface area contributed by atoms with Gasteiger partial charge in [0.15, 0.2) is 10.8 Å². The number of hydrogen-bond acceptors (Lipinski definition) is 5. The number of ether oxygens (including phenoxy) is 1. The molecule has 124 valence electrons. The van der Waals surface area contributed by atoms with Crippen molar-refractivity contribution in [2.45, 2.75) is 20.8 Å². The van der Waals surface area contributed by atoms with Crippen LogP contribution in [0, 0.1) is 13.8 Å². The smallest absolute Gasteiger partial charge is 0.275 e. The van der Waals surface area contributed by atoms with Crippen molar-refractivity contribution >= 4 is 22.9 Å². The average Bonchev–Trinajstić information content (AvgIpc) is 3.19. The maximum absolute atomic E-state index is 12.4. The van der Waals surface area contributed by atoms with E-state index in [2.05, 4.69) is 10.3 Å². The van der Waals surface area contributed by atoms with E-state index in [0.717, 1.165) is 22.8 Å². The molecule has 3 aromatic rings. The minimum atomic E-state index is -0.243. The fraction of sp³-hybridized carbons (Fsp3) is 0.222. The fourth-order valence-corrected chi connectivity index (χ4v) is 3.02. The molecule has 0 unspecified atom stereocenters. The van der Waals surface area contributed by atoms with Crippen LogP contribution in [-0.2, 0) is 0 Å². The van der Waals surface area contributed by atoms with Crippen LogP contribution in [0.25, 0.3) is 10.8 Å². The van der Waals surface area contributed by atoms with Crippen LogP contribution in [0.2, 0.25) is 0 Å². The molecule has 24 heavy (non-hydrogen) atoms. The summed E-state index contributed by atoms with van der Waals surface area (Å²) in [4.78, 5) is 16.8. The molecule has 5 nitrogen and oxygen atoms in total. The van der Waals surface area contributed by atoms with Gasteiger partial charge >= 0.3 is 0 Å². The Morgan fingerprint density at radius 2 is 2.12 bits per heavy atom. The van der Waals surface area contributed by atoms with Crippen molar-refractivity contribution in [3.63, 3.8) is 0 Å². The maximum Gasteiger partial charge on any atom is 0.275 e. The fourth-order valence-electron chi connectivity index (χ4n) is 2.26. The molecule has 2 aromatic heterocycles. The summed E-state index contributed by atoms with van der Waals surface area (Å²) in [5.74, 6) is 2.04. The topological polar surface area (TPSA) is 64.4 Å². The van der Waals surface area contributed by atoms with E-state index in [1.807, 2.05) is 51.1 Å². The number of amides is 1. The molecule has 0 radical (unpaired) electrons. The molecule has 0 saturated heterocycles. The van der Waals surface area contributed by atoms with Gasteiger partial charge < -0.3 is 14.5 Å². The normalized spacial score (nSPS) is 10.6. The van der Waals surface area contributed by atoms with E-state index >= 15 is 0 Å². The third kappa shape index (κ3) is 3.49. The molecule has 1 amide bonds. The first-order valence-electron chi connectivity index (χ1n) is 7.64. The van der Waals surface area contributed by atoms with Crippen molar-refractivity contribution < 1.29 is 13.9 Å². The number of aromatic nitrogens is 1. The lowest BCUT2D eigenvalue weighted by atomic mass is 10.2.